The van der Waals surface area contributed by atoms with Gasteiger partial charge < -0.3 is 49.4 Å². The molecule has 4 N–H and O–H groups in total. The Morgan fingerprint density at radius 3 is 2.06 bits per heavy atom. The molecule has 0 spiro atoms. The SMILES string of the molecule is O=C(CCOCCOCCOCCOCCNC(=O)c1cc([N+](=O)[O-])[nH]n1)On1c(O)ccc1O. The van der Waals surface area contributed by atoms with E-state index in [2.05, 4.69) is 15.5 Å². The van der Waals surface area contributed by atoms with Crippen LogP contribution in [0.4, 0.5) is 5.82 Å². The fraction of sp³-hybridized carbons (Fsp3) is 0.526. The first-order valence-electron chi connectivity index (χ1n) is 10.5. The van der Waals surface area contributed by atoms with Gasteiger partial charge in [0.05, 0.1) is 65.3 Å². The smallest absolute Gasteiger partial charge is 0.343 e. The number of rotatable bonds is 18. The number of hydrogen-bond acceptors (Lipinski definition) is 12. The van der Waals surface area contributed by atoms with E-state index >= 15 is 0 Å². The lowest BCUT2D eigenvalue weighted by molar-refractivity contribution is -0.389. The molecule has 0 saturated heterocycles. The largest absolute Gasteiger partial charge is 0.492 e. The molecule has 2 rings (SSSR count). The van der Waals surface area contributed by atoms with Gasteiger partial charge in [-0.3, -0.25) is 4.79 Å². The average molecular weight is 501 g/mol. The van der Waals surface area contributed by atoms with Gasteiger partial charge in [0.15, 0.2) is 5.69 Å². The van der Waals surface area contributed by atoms with Crippen LogP contribution >= 0.6 is 0 Å². The standard InChI is InChI=1S/C19H27N5O11/c25-16-1-2-17(26)23(16)35-18(27)3-5-31-7-9-33-11-12-34-10-8-32-6-4-20-19(28)14-13-15(22-21-14)24(29)30/h1-2,13,25-26H,3-12H2,(H,20,28)(H,21,22). The molecule has 0 saturated carbocycles. The van der Waals surface area contributed by atoms with E-state index in [1.54, 1.807) is 0 Å². The van der Waals surface area contributed by atoms with Gasteiger partial charge >= 0.3 is 11.8 Å². The molecule has 16 nitrogen and oxygen atoms in total. The highest BCUT2D eigenvalue weighted by Gasteiger charge is 2.15. The molecule has 194 valence electrons. The highest BCUT2D eigenvalue weighted by atomic mass is 16.7. The number of carbonyl (C=O) groups is 2. The zero-order valence-electron chi connectivity index (χ0n) is 18.7. The number of hydrogen-bond donors (Lipinski definition) is 4. The van der Waals surface area contributed by atoms with Crippen molar-refractivity contribution in [2.75, 3.05) is 59.4 Å². The van der Waals surface area contributed by atoms with Crippen molar-refractivity contribution in [3.8, 4) is 11.8 Å². The molecular formula is C19H27N5O11. The number of nitrogens with zero attached hydrogens (tertiary/aromatic N) is 3. The van der Waals surface area contributed by atoms with Gasteiger partial charge in [-0.1, -0.05) is 5.10 Å². The third kappa shape index (κ3) is 10.4. The Morgan fingerprint density at radius 1 is 0.971 bits per heavy atom. The van der Waals surface area contributed by atoms with Crippen LogP contribution in [-0.2, 0) is 23.7 Å². The Hall–Kier alpha value is -3.73. The predicted molar refractivity (Wildman–Crippen MR) is 115 cm³/mol. The molecule has 0 aliphatic heterocycles. The van der Waals surface area contributed by atoms with E-state index in [4.69, 9.17) is 23.8 Å². The molecule has 0 bridgehead atoms. The molecule has 0 unspecified atom stereocenters. The maximum atomic E-state index is 11.8. The number of amides is 1. The third-order valence-electron chi connectivity index (χ3n) is 4.08. The maximum Gasteiger partial charge on any atom is 0.343 e. The third-order valence-corrected chi connectivity index (χ3v) is 4.08. The van der Waals surface area contributed by atoms with E-state index in [1.165, 1.54) is 12.1 Å². The van der Waals surface area contributed by atoms with Crippen molar-refractivity contribution in [3.63, 3.8) is 0 Å². The molecule has 0 fully saturated rings. The quantitative estimate of drug-likeness (QED) is 0.114. The Labute approximate surface area is 198 Å². The second-order valence-corrected chi connectivity index (χ2v) is 6.66. The van der Waals surface area contributed by atoms with Crippen molar-refractivity contribution in [2.24, 2.45) is 0 Å². The predicted octanol–water partition coefficient (Wildman–Crippen LogP) is -0.628. The van der Waals surface area contributed by atoms with E-state index < -0.39 is 28.6 Å². The summed E-state index contributed by atoms with van der Waals surface area (Å²) in [5, 5.41) is 37.5. The minimum absolute atomic E-state index is 0.0740. The number of nitrogens with one attached hydrogen (secondary N) is 2. The highest BCUT2D eigenvalue weighted by molar-refractivity contribution is 5.92. The summed E-state index contributed by atoms with van der Waals surface area (Å²) < 4.78 is 21.8. The molecule has 0 aliphatic rings. The lowest BCUT2D eigenvalue weighted by Gasteiger charge is -2.08. The first kappa shape index (κ1) is 27.5. The van der Waals surface area contributed by atoms with Crippen molar-refractivity contribution >= 4 is 17.7 Å². The van der Waals surface area contributed by atoms with Crippen LogP contribution in [0.15, 0.2) is 18.2 Å². The summed E-state index contributed by atoms with van der Waals surface area (Å²) in [6.45, 7) is 2.39. The number of nitro groups is 1. The van der Waals surface area contributed by atoms with Gasteiger partial charge in [0.25, 0.3) is 5.91 Å². The monoisotopic (exact) mass is 501 g/mol. The van der Waals surface area contributed by atoms with Crippen molar-refractivity contribution in [1.82, 2.24) is 20.2 Å². The normalized spacial score (nSPS) is 10.9. The lowest BCUT2D eigenvalue weighted by atomic mass is 10.4. The van der Waals surface area contributed by atoms with Crippen LogP contribution in [0.25, 0.3) is 0 Å². The summed E-state index contributed by atoms with van der Waals surface area (Å²) in [5.41, 5.74) is -0.0805. The van der Waals surface area contributed by atoms with Crippen molar-refractivity contribution < 1.29 is 48.5 Å². The molecule has 2 aromatic rings. The van der Waals surface area contributed by atoms with Crippen LogP contribution in [0, 0.1) is 10.1 Å². The molecule has 16 heteroatoms. The molecule has 0 atom stereocenters. The van der Waals surface area contributed by atoms with Crippen LogP contribution < -0.4 is 10.2 Å². The van der Waals surface area contributed by atoms with E-state index in [-0.39, 0.29) is 44.3 Å². The lowest BCUT2D eigenvalue weighted by Crippen LogP contribution is -2.28. The van der Waals surface area contributed by atoms with Crippen LogP contribution in [0.1, 0.15) is 16.9 Å². The second kappa shape index (κ2) is 15.2. The number of H-pyrrole nitrogens is 1. The summed E-state index contributed by atoms with van der Waals surface area (Å²) in [6.07, 6.45) is -0.0740. The zero-order valence-corrected chi connectivity index (χ0v) is 18.7. The summed E-state index contributed by atoms with van der Waals surface area (Å²) in [4.78, 5) is 38.0. The van der Waals surface area contributed by atoms with Crippen LogP contribution in [0.2, 0.25) is 0 Å². The summed E-state index contributed by atoms with van der Waals surface area (Å²) in [5.74, 6) is -2.39. The van der Waals surface area contributed by atoms with Crippen LogP contribution in [-0.4, -0.2) is 101 Å². The Bertz CT molecular complexity index is 926. The fourth-order valence-electron chi connectivity index (χ4n) is 2.41. The van der Waals surface area contributed by atoms with Gasteiger partial charge in [0, 0.05) is 18.7 Å². The van der Waals surface area contributed by atoms with Gasteiger partial charge in [-0.15, -0.1) is 9.83 Å². The van der Waals surface area contributed by atoms with Gasteiger partial charge in [-0.05, 0) is 4.92 Å². The molecule has 2 heterocycles. The van der Waals surface area contributed by atoms with Crippen LogP contribution in [0.3, 0.4) is 0 Å². The summed E-state index contributed by atoms with van der Waals surface area (Å²) in [7, 11) is 0. The zero-order chi connectivity index (χ0) is 25.5. The van der Waals surface area contributed by atoms with Crippen molar-refractivity contribution in [1.29, 1.82) is 0 Å². The van der Waals surface area contributed by atoms with Gasteiger partial charge in [0.1, 0.15) is 0 Å². The highest BCUT2D eigenvalue weighted by Crippen LogP contribution is 2.18. The number of aromatic amines is 1. The summed E-state index contributed by atoms with van der Waals surface area (Å²) >= 11 is 0. The Kier molecular flexibility index (Phi) is 12.0. The van der Waals surface area contributed by atoms with Gasteiger partial charge in [0.2, 0.25) is 11.8 Å². The van der Waals surface area contributed by atoms with E-state index in [0.29, 0.717) is 37.8 Å². The van der Waals surface area contributed by atoms with E-state index in [1.807, 2.05) is 0 Å². The topological polar surface area (TPSA) is 210 Å². The Morgan fingerprint density at radius 2 is 1.51 bits per heavy atom. The number of aromatic nitrogens is 3. The molecule has 0 aliphatic carbocycles. The molecule has 0 radical (unpaired) electrons. The summed E-state index contributed by atoms with van der Waals surface area (Å²) in [6, 6.07) is 3.40. The molecule has 35 heavy (non-hydrogen) atoms. The molecule has 0 aromatic carbocycles. The second-order valence-electron chi connectivity index (χ2n) is 6.66. The number of ether oxygens (including phenoxy) is 4. The number of carbonyl (C=O) groups excluding carboxylic acids is 2. The molecule has 1 amide bonds. The Balaban J connectivity index is 1.33. The van der Waals surface area contributed by atoms with Gasteiger partial charge in [-0.2, -0.15) is 0 Å². The van der Waals surface area contributed by atoms with Crippen LogP contribution in [0.5, 0.6) is 11.8 Å². The minimum atomic E-state index is -0.685. The first-order valence-corrected chi connectivity index (χ1v) is 10.5. The average Bonchev–Trinajstić information content (AvgIpc) is 3.45. The molecular weight excluding hydrogens is 474 g/mol. The molecule has 2 aromatic heterocycles. The fourth-order valence-corrected chi connectivity index (χ4v) is 2.41. The van der Waals surface area contributed by atoms with Crippen molar-refractivity contribution in [2.45, 2.75) is 6.42 Å². The van der Waals surface area contributed by atoms with Gasteiger partial charge in [-0.25, -0.2) is 4.79 Å². The minimum Gasteiger partial charge on any atom is -0.492 e. The van der Waals surface area contributed by atoms with Crippen molar-refractivity contribution in [3.05, 3.63) is 34.0 Å². The van der Waals surface area contributed by atoms with E-state index in [0.717, 1.165) is 6.07 Å². The maximum absolute atomic E-state index is 11.8. The van der Waals surface area contributed by atoms with E-state index in [9.17, 15) is 29.9 Å². The number of aromatic hydroxyl groups is 2. The first-order chi connectivity index (χ1) is 16.9.